The second-order valence-corrected chi connectivity index (χ2v) is 9.85. The van der Waals surface area contributed by atoms with Gasteiger partial charge in [-0.05, 0) is 84.2 Å². The Hall–Kier alpha value is -4.67. The van der Waals surface area contributed by atoms with E-state index in [1.165, 1.54) is 11.3 Å². The van der Waals surface area contributed by atoms with Crippen LogP contribution in [0.5, 0.6) is 5.06 Å². The summed E-state index contributed by atoms with van der Waals surface area (Å²) in [7, 11) is 0. The highest BCUT2D eigenvalue weighted by Gasteiger charge is 2.14. The molecule has 0 atom stereocenters. The van der Waals surface area contributed by atoms with Gasteiger partial charge < -0.3 is 19.8 Å². The van der Waals surface area contributed by atoms with Crippen LogP contribution < -0.4 is 20.5 Å². The Balaban J connectivity index is 1.11. The zero-order chi connectivity index (χ0) is 26.6. The highest BCUT2D eigenvalue weighted by atomic mass is 32.1. The summed E-state index contributed by atoms with van der Waals surface area (Å²) in [5.74, 6) is -0.511. The van der Waals surface area contributed by atoms with E-state index in [1.807, 2.05) is 66.0 Å². The van der Waals surface area contributed by atoms with Crippen molar-refractivity contribution in [2.45, 2.75) is 0 Å². The summed E-state index contributed by atoms with van der Waals surface area (Å²) in [4.78, 5) is 32.8. The lowest BCUT2D eigenvalue weighted by molar-refractivity contribution is 0.0767. The minimum absolute atomic E-state index is 0.174. The number of anilines is 2. The molecule has 0 bridgehead atoms. The van der Waals surface area contributed by atoms with Gasteiger partial charge in [0.05, 0.1) is 30.6 Å². The van der Waals surface area contributed by atoms with Gasteiger partial charge in [-0.2, -0.15) is 10.6 Å². The molecule has 3 aromatic carbocycles. The molecule has 0 spiro atoms. The number of amides is 2. The third-order valence-electron chi connectivity index (χ3n) is 6.45. The van der Waals surface area contributed by atoms with Crippen molar-refractivity contribution in [3.05, 3.63) is 102 Å². The molecule has 5 aromatic rings. The Morgan fingerprint density at radius 2 is 1.59 bits per heavy atom. The molecule has 6 rings (SSSR count). The highest BCUT2D eigenvalue weighted by molar-refractivity contribution is 7.11. The smallest absolute Gasteiger partial charge is 0.283 e. The van der Waals surface area contributed by atoms with Crippen molar-refractivity contribution in [3.8, 4) is 10.8 Å². The minimum Gasteiger partial charge on any atom is -0.378 e. The van der Waals surface area contributed by atoms with E-state index in [2.05, 4.69) is 20.8 Å². The molecule has 0 unspecified atom stereocenters. The van der Waals surface area contributed by atoms with Gasteiger partial charge in [0.25, 0.3) is 11.8 Å². The molecule has 1 aliphatic rings. The van der Waals surface area contributed by atoms with Crippen molar-refractivity contribution in [3.63, 3.8) is 0 Å². The van der Waals surface area contributed by atoms with Crippen LogP contribution in [0.15, 0.2) is 90.4 Å². The maximum absolute atomic E-state index is 12.9. The number of aromatic nitrogens is 2. The van der Waals surface area contributed by atoms with E-state index in [1.54, 1.807) is 29.1 Å². The molecule has 2 amide bonds. The van der Waals surface area contributed by atoms with Crippen LogP contribution in [0.2, 0.25) is 0 Å². The average Bonchev–Trinajstić information content (AvgIpc) is 3.67. The molecule has 39 heavy (non-hydrogen) atoms. The number of thiophene rings is 1. The fourth-order valence-corrected chi connectivity index (χ4v) is 4.93. The molecule has 2 N–H and O–H groups in total. The number of hydroxylamine groups is 1. The lowest BCUT2D eigenvalue weighted by atomic mass is 10.1. The van der Waals surface area contributed by atoms with E-state index in [0.717, 1.165) is 48.6 Å². The maximum atomic E-state index is 12.9. The molecule has 1 aliphatic heterocycles. The van der Waals surface area contributed by atoms with Crippen LogP contribution in [0, 0.1) is 0 Å². The van der Waals surface area contributed by atoms with Gasteiger partial charge in [0.15, 0.2) is 0 Å². The number of hydrogen-bond donors (Lipinski definition) is 2. The van der Waals surface area contributed by atoms with Crippen molar-refractivity contribution in [2.75, 3.05) is 36.5 Å². The van der Waals surface area contributed by atoms with Crippen LogP contribution in [-0.2, 0) is 4.74 Å². The number of carbonyl (C=O) groups is 2. The van der Waals surface area contributed by atoms with E-state index in [0.29, 0.717) is 21.9 Å². The Kier molecular flexibility index (Phi) is 6.94. The Labute approximate surface area is 228 Å². The predicted octanol–water partition coefficient (Wildman–Crippen LogP) is 4.90. The summed E-state index contributed by atoms with van der Waals surface area (Å²) < 4.78 is 7.20. The summed E-state index contributed by atoms with van der Waals surface area (Å²) in [5, 5.41) is 10.8. The number of hydrogen-bond acceptors (Lipinski definition) is 7. The number of nitrogens with one attached hydrogen (secondary N) is 2. The molecular weight excluding hydrogens is 514 g/mol. The molecule has 10 heteroatoms. The lowest BCUT2D eigenvalue weighted by Crippen LogP contribution is -2.36. The van der Waals surface area contributed by atoms with Gasteiger partial charge >= 0.3 is 0 Å². The van der Waals surface area contributed by atoms with Crippen molar-refractivity contribution in [1.82, 2.24) is 15.3 Å². The van der Waals surface area contributed by atoms with Crippen LogP contribution in [-0.4, -0.2) is 47.9 Å². The molecule has 196 valence electrons. The fourth-order valence-electron chi connectivity index (χ4n) is 4.40. The first-order chi connectivity index (χ1) is 19.1. The summed E-state index contributed by atoms with van der Waals surface area (Å²) in [6.07, 6.45) is 1.75. The van der Waals surface area contributed by atoms with Gasteiger partial charge in [0.2, 0.25) is 5.06 Å². The van der Waals surface area contributed by atoms with E-state index in [-0.39, 0.29) is 11.8 Å². The average molecular weight is 540 g/mol. The number of ether oxygens (including phenoxy) is 1. The van der Waals surface area contributed by atoms with Crippen LogP contribution in [0.4, 0.5) is 11.4 Å². The van der Waals surface area contributed by atoms with Crippen molar-refractivity contribution < 1.29 is 19.2 Å². The third-order valence-corrected chi connectivity index (χ3v) is 7.19. The molecule has 2 aromatic heterocycles. The van der Waals surface area contributed by atoms with Crippen molar-refractivity contribution >= 4 is 45.4 Å². The Morgan fingerprint density at radius 1 is 0.872 bits per heavy atom. The zero-order valence-corrected chi connectivity index (χ0v) is 21.7. The first-order valence-electron chi connectivity index (χ1n) is 12.5. The largest absolute Gasteiger partial charge is 0.378 e. The van der Waals surface area contributed by atoms with Gasteiger partial charge in [0.1, 0.15) is 0 Å². The molecule has 0 saturated carbocycles. The molecule has 1 saturated heterocycles. The van der Waals surface area contributed by atoms with Gasteiger partial charge in [-0.1, -0.05) is 0 Å². The maximum Gasteiger partial charge on any atom is 0.283 e. The lowest BCUT2D eigenvalue weighted by Gasteiger charge is -2.28. The number of morpholine rings is 1. The predicted molar refractivity (Wildman–Crippen MR) is 151 cm³/mol. The molecule has 1 fully saturated rings. The normalized spacial score (nSPS) is 13.3. The first-order valence-corrected chi connectivity index (χ1v) is 13.3. The molecule has 9 nitrogen and oxygen atoms in total. The van der Waals surface area contributed by atoms with E-state index >= 15 is 0 Å². The first kappa shape index (κ1) is 24.7. The van der Waals surface area contributed by atoms with Gasteiger partial charge in [-0.25, -0.2) is 4.68 Å². The fraction of sp³-hybridized carbons (Fsp3) is 0.138. The standard InChI is InChI=1S/C29H25N5O4S/c35-28(20-3-8-24(9-4-20)33-13-15-37-16-14-33)31-23-7-12-26-22(18-23)19-30-34(26)25-10-5-21(6-11-25)29(36)32-38-27-2-1-17-39-27/h1-12,17-19H,13-16H2,(H,31,35)(H,32,36). The van der Waals surface area contributed by atoms with Crippen LogP contribution in [0.1, 0.15) is 20.7 Å². The van der Waals surface area contributed by atoms with Crippen LogP contribution >= 0.6 is 11.3 Å². The van der Waals surface area contributed by atoms with Gasteiger partial charge in [0, 0.05) is 41.0 Å². The number of benzene rings is 3. The van der Waals surface area contributed by atoms with E-state index in [9.17, 15) is 9.59 Å². The third kappa shape index (κ3) is 5.47. The van der Waals surface area contributed by atoms with Crippen molar-refractivity contribution in [1.29, 1.82) is 0 Å². The number of carbonyl (C=O) groups excluding carboxylic acids is 2. The SMILES string of the molecule is O=C(NOc1cccs1)c1ccc(-n2ncc3cc(NC(=O)c4ccc(N5CCOCC5)cc4)ccc32)cc1. The van der Waals surface area contributed by atoms with E-state index < -0.39 is 0 Å². The quantitative estimate of drug-likeness (QED) is 0.286. The Morgan fingerprint density at radius 3 is 2.31 bits per heavy atom. The monoisotopic (exact) mass is 539 g/mol. The molecular formula is C29H25N5O4S. The Bertz CT molecular complexity index is 1590. The number of fused-ring (bicyclic) bond motifs is 1. The van der Waals surface area contributed by atoms with Crippen LogP contribution in [0.3, 0.4) is 0 Å². The molecule has 3 heterocycles. The van der Waals surface area contributed by atoms with Crippen molar-refractivity contribution in [2.24, 2.45) is 0 Å². The second kappa shape index (κ2) is 11.0. The summed E-state index contributed by atoms with van der Waals surface area (Å²) >= 11 is 1.39. The minimum atomic E-state index is -0.337. The topological polar surface area (TPSA) is 97.7 Å². The molecule has 0 aliphatic carbocycles. The van der Waals surface area contributed by atoms with Gasteiger partial charge in [-0.15, -0.1) is 11.3 Å². The summed E-state index contributed by atoms with van der Waals surface area (Å²) in [5.41, 5.74) is 6.95. The number of rotatable bonds is 7. The number of nitrogens with zero attached hydrogens (tertiary/aromatic N) is 3. The molecule has 0 radical (unpaired) electrons. The summed E-state index contributed by atoms with van der Waals surface area (Å²) in [6.45, 7) is 3.14. The highest BCUT2D eigenvalue weighted by Crippen LogP contribution is 2.24. The van der Waals surface area contributed by atoms with Gasteiger partial charge in [-0.3, -0.25) is 9.59 Å². The second-order valence-electron chi connectivity index (χ2n) is 8.94. The van der Waals surface area contributed by atoms with Crippen LogP contribution in [0.25, 0.3) is 16.6 Å². The van der Waals surface area contributed by atoms with E-state index in [4.69, 9.17) is 9.57 Å². The summed E-state index contributed by atoms with van der Waals surface area (Å²) in [6, 6.07) is 24.0. The zero-order valence-electron chi connectivity index (χ0n) is 20.9.